The Balaban J connectivity index is 2.96. The van der Waals surface area contributed by atoms with Crippen molar-refractivity contribution in [3.05, 3.63) is 35.8 Å². The summed E-state index contributed by atoms with van der Waals surface area (Å²) in [6.07, 6.45) is 3.81. The van der Waals surface area contributed by atoms with Crippen LogP contribution in [0.3, 0.4) is 0 Å². The highest BCUT2D eigenvalue weighted by molar-refractivity contribution is 5.47. The molecule has 0 N–H and O–H groups in total. The molecule has 0 atom stereocenters. The minimum atomic E-state index is 1.06. The van der Waals surface area contributed by atoms with Gasteiger partial charge in [0.1, 0.15) is 5.65 Å². The normalized spacial score (nSPS) is 10.7. The molecule has 0 radical (unpaired) electrons. The van der Waals surface area contributed by atoms with E-state index in [1.54, 1.807) is 0 Å². The molecular weight excluding hydrogens is 136 g/mol. The Kier molecular flexibility index (Phi) is 1.22. The van der Waals surface area contributed by atoms with Gasteiger partial charge in [0.2, 0.25) is 0 Å². The third-order valence-corrected chi connectivity index (χ3v) is 1.95. The second kappa shape index (κ2) is 2.09. The molecule has 0 bridgehead atoms. The molecule has 11 heavy (non-hydrogen) atoms. The van der Waals surface area contributed by atoms with Crippen molar-refractivity contribution in [2.75, 3.05) is 0 Å². The Morgan fingerprint density at radius 2 is 2.09 bits per heavy atom. The van der Waals surface area contributed by atoms with Crippen molar-refractivity contribution in [2.24, 2.45) is 0 Å². The molecule has 0 saturated carbocycles. The maximum atomic E-state index is 4.24. The second-order valence-electron chi connectivity index (χ2n) is 2.78. The van der Waals surface area contributed by atoms with Crippen LogP contribution in [0, 0.1) is 13.8 Å². The number of hydrogen-bond acceptors (Lipinski definition) is 1. The highest BCUT2D eigenvalue weighted by atomic mass is 15.0. The van der Waals surface area contributed by atoms with E-state index in [4.69, 9.17) is 0 Å². The smallest absolute Gasteiger partial charge is 0.139 e. The number of pyridine rings is 1. The maximum Gasteiger partial charge on any atom is 0.139 e. The summed E-state index contributed by atoms with van der Waals surface area (Å²) < 4.78 is 2.09. The van der Waals surface area contributed by atoms with Gasteiger partial charge in [-0.25, -0.2) is 4.98 Å². The number of aromatic nitrogens is 2. The number of fused-ring (bicyclic) bond motifs is 1. The number of hydrogen-bond donors (Lipinski definition) is 0. The molecule has 2 aromatic heterocycles. The number of aryl methyl sites for hydroxylation is 2. The summed E-state index contributed by atoms with van der Waals surface area (Å²) in [7, 11) is 0. The first-order valence-electron chi connectivity index (χ1n) is 3.68. The first-order valence-corrected chi connectivity index (χ1v) is 3.68. The van der Waals surface area contributed by atoms with Crippen molar-refractivity contribution in [2.45, 2.75) is 13.8 Å². The van der Waals surface area contributed by atoms with Gasteiger partial charge in [-0.3, -0.25) is 0 Å². The van der Waals surface area contributed by atoms with Crippen LogP contribution in [0.4, 0.5) is 0 Å². The van der Waals surface area contributed by atoms with Gasteiger partial charge in [-0.2, -0.15) is 0 Å². The minimum Gasteiger partial charge on any atom is -0.304 e. The highest BCUT2D eigenvalue weighted by Gasteiger charge is 1.98. The van der Waals surface area contributed by atoms with Gasteiger partial charge in [-0.05, 0) is 25.5 Å². The van der Waals surface area contributed by atoms with Gasteiger partial charge >= 0.3 is 0 Å². The van der Waals surface area contributed by atoms with Crippen molar-refractivity contribution >= 4 is 5.65 Å². The van der Waals surface area contributed by atoms with Crippen LogP contribution in [0.15, 0.2) is 24.5 Å². The third-order valence-electron chi connectivity index (χ3n) is 1.95. The minimum absolute atomic E-state index is 1.06. The van der Waals surface area contributed by atoms with E-state index in [0.717, 1.165) is 5.65 Å². The Bertz CT molecular complexity index is 351. The quantitative estimate of drug-likeness (QED) is 0.555. The molecule has 2 aromatic rings. The molecule has 0 saturated heterocycles. The lowest BCUT2D eigenvalue weighted by Crippen LogP contribution is -1.90. The summed E-state index contributed by atoms with van der Waals surface area (Å²) in [4.78, 5) is 4.24. The van der Waals surface area contributed by atoms with Crippen LogP contribution >= 0.6 is 0 Å². The third kappa shape index (κ3) is 0.827. The molecule has 2 heteroatoms. The number of nitrogens with zero attached hydrogens (tertiary/aromatic N) is 2. The molecule has 0 aliphatic carbocycles. The SMILES string of the molecule is Cc1ccc(C)n2ccnc12. The van der Waals surface area contributed by atoms with Crippen LogP contribution in [0.2, 0.25) is 0 Å². The summed E-state index contributed by atoms with van der Waals surface area (Å²) in [5.74, 6) is 0. The lowest BCUT2D eigenvalue weighted by atomic mass is 10.2. The first kappa shape index (κ1) is 6.40. The van der Waals surface area contributed by atoms with E-state index in [9.17, 15) is 0 Å². The van der Waals surface area contributed by atoms with Crippen LogP contribution in [-0.4, -0.2) is 9.38 Å². The van der Waals surface area contributed by atoms with E-state index < -0.39 is 0 Å². The molecule has 0 fully saturated rings. The van der Waals surface area contributed by atoms with E-state index in [-0.39, 0.29) is 0 Å². The van der Waals surface area contributed by atoms with Crippen LogP contribution in [0.5, 0.6) is 0 Å². The van der Waals surface area contributed by atoms with Crippen molar-refractivity contribution in [1.82, 2.24) is 9.38 Å². The molecule has 0 unspecified atom stereocenters. The van der Waals surface area contributed by atoms with Crippen molar-refractivity contribution in [3.63, 3.8) is 0 Å². The molecule has 0 aromatic carbocycles. The lowest BCUT2D eigenvalue weighted by Gasteiger charge is -2.00. The standard InChI is InChI=1S/C9H10N2/c1-7-3-4-8(2)11-6-5-10-9(7)11/h3-6H,1-2H3. The number of rotatable bonds is 0. The molecule has 0 aliphatic rings. The van der Waals surface area contributed by atoms with Crippen molar-refractivity contribution in [1.29, 1.82) is 0 Å². The van der Waals surface area contributed by atoms with Gasteiger partial charge in [-0.1, -0.05) is 6.07 Å². The average molecular weight is 146 g/mol. The maximum absolute atomic E-state index is 4.24. The van der Waals surface area contributed by atoms with Crippen molar-refractivity contribution < 1.29 is 0 Å². The molecule has 2 heterocycles. The molecular formula is C9H10N2. The first-order chi connectivity index (χ1) is 5.29. The van der Waals surface area contributed by atoms with Gasteiger partial charge in [-0.15, -0.1) is 0 Å². The van der Waals surface area contributed by atoms with Crippen LogP contribution in [0.25, 0.3) is 5.65 Å². The molecule has 56 valence electrons. The predicted octanol–water partition coefficient (Wildman–Crippen LogP) is 1.95. The van der Waals surface area contributed by atoms with Crippen molar-refractivity contribution in [3.8, 4) is 0 Å². The molecule has 2 nitrogen and oxygen atoms in total. The fourth-order valence-corrected chi connectivity index (χ4v) is 1.28. The molecule has 2 rings (SSSR count). The zero-order chi connectivity index (χ0) is 7.84. The number of imidazole rings is 1. The summed E-state index contributed by atoms with van der Waals surface area (Å²) in [5, 5.41) is 0. The molecule has 0 spiro atoms. The predicted molar refractivity (Wildman–Crippen MR) is 44.7 cm³/mol. The summed E-state index contributed by atoms with van der Waals surface area (Å²) in [6.45, 7) is 4.15. The highest BCUT2D eigenvalue weighted by Crippen LogP contribution is 2.09. The van der Waals surface area contributed by atoms with Crippen LogP contribution in [-0.2, 0) is 0 Å². The van der Waals surface area contributed by atoms with Gasteiger partial charge in [0.05, 0.1) is 0 Å². The summed E-state index contributed by atoms with van der Waals surface area (Å²) in [6, 6.07) is 4.20. The Labute approximate surface area is 65.5 Å². The van der Waals surface area contributed by atoms with Gasteiger partial charge in [0.15, 0.2) is 0 Å². The second-order valence-corrected chi connectivity index (χ2v) is 2.78. The Morgan fingerprint density at radius 1 is 1.27 bits per heavy atom. The van der Waals surface area contributed by atoms with Crippen LogP contribution < -0.4 is 0 Å². The average Bonchev–Trinajstić information content (AvgIpc) is 2.45. The monoisotopic (exact) mass is 146 g/mol. The topological polar surface area (TPSA) is 17.3 Å². The van der Waals surface area contributed by atoms with Crippen LogP contribution in [0.1, 0.15) is 11.3 Å². The fraction of sp³-hybridized carbons (Fsp3) is 0.222. The Morgan fingerprint density at radius 3 is 2.82 bits per heavy atom. The van der Waals surface area contributed by atoms with E-state index >= 15 is 0 Å². The van der Waals surface area contributed by atoms with Gasteiger partial charge in [0, 0.05) is 18.1 Å². The summed E-state index contributed by atoms with van der Waals surface area (Å²) >= 11 is 0. The summed E-state index contributed by atoms with van der Waals surface area (Å²) in [5.41, 5.74) is 3.51. The zero-order valence-corrected chi connectivity index (χ0v) is 6.70. The van der Waals surface area contributed by atoms with E-state index in [2.05, 4.69) is 35.4 Å². The van der Waals surface area contributed by atoms with Gasteiger partial charge in [0.25, 0.3) is 0 Å². The lowest BCUT2D eigenvalue weighted by molar-refractivity contribution is 1.08. The largest absolute Gasteiger partial charge is 0.304 e. The zero-order valence-electron chi connectivity index (χ0n) is 6.70. The Hall–Kier alpha value is -1.31. The fourth-order valence-electron chi connectivity index (χ4n) is 1.28. The molecule has 0 aliphatic heterocycles. The van der Waals surface area contributed by atoms with E-state index in [0.29, 0.717) is 0 Å². The molecule has 0 amide bonds. The van der Waals surface area contributed by atoms with E-state index in [1.807, 2.05) is 12.4 Å². The van der Waals surface area contributed by atoms with E-state index in [1.165, 1.54) is 11.3 Å². The van der Waals surface area contributed by atoms with Gasteiger partial charge < -0.3 is 4.40 Å².